The Bertz CT molecular complexity index is 584. The van der Waals surface area contributed by atoms with Gasteiger partial charge in [0.05, 0.1) is 38.0 Å². The minimum atomic E-state index is -0.384. The van der Waals surface area contributed by atoms with Crippen LogP contribution in [0.25, 0.3) is 0 Å². The molecule has 1 aromatic carbocycles. The molecule has 2 saturated heterocycles. The van der Waals surface area contributed by atoms with Crippen molar-refractivity contribution in [3.63, 3.8) is 0 Å². The molecule has 1 aromatic rings. The van der Waals surface area contributed by atoms with Crippen LogP contribution < -0.4 is 9.64 Å². The Morgan fingerprint density at radius 3 is 2.70 bits per heavy atom. The van der Waals surface area contributed by atoms with Crippen molar-refractivity contribution in [1.29, 1.82) is 0 Å². The zero-order chi connectivity index (χ0) is 16.2. The van der Waals surface area contributed by atoms with Gasteiger partial charge in [-0.3, -0.25) is 14.5 Å². The lowest BCUT2D eigenvalue weighted by Gasteiger charge is -2.30. The summed E-state index contributed by atoms with van der Waals surface area (Å²) in [6.07, 6.45) is 1.09. The molecule has 2 amide bonds. The number of rotatable bonds is 5. The summed E-state index contributed by atoms with van der Waals surface area (Å²) >= 11 is 0. The number of imide groups is 1. The first-order chi connectivity index (χ1) is 11.2. The van der Waals surface area contributed by atoms with Gasteiger partial charge in [-0.1, -0.05) is 19.1 Å². The predicted octanol–water partition coefficient (Wildman–Crippen LogP) is 1.44. The van der Waals surface area contributed by atoms with Crippen molar-refractivity contribution in [3.8, 4) is 5.75 Å². The van der Waals surface area contributed by atoms with Gasteiger partial charge in [0.1, 0.15) is 5.75 Å². The largest absolute Gasteiger partial charge is 0.491 e. The Labute approximate surface area is 136 Å². The number of benzene rings is 1. The van der Waals surface area contributed by atoms with Crippen LogP contribution in [0.3, 0.4) is 0 Å². The van der Waals surface area contributed by atoms with E-state index in [4.69, 9.17) is 9.47 Å². The second kappa shape index (κ2) is 7.10. The van der Waals surface area contributed by atoms with Crippen LogP contribution in [0.1, 0.15) is 19.8 Å². The summed E-state index contributed by atoms with van der Waals surface area (Å²) in [5.41, 5.74) is 0.548. The minimum absolute atomic E-state index is 0.163. The van der Waals surface area contributed by atoms with Crippen LogP contribution in [-0.4, -0.2) is 55.7 Å². The number of carbonyl (C=O) groups is 2. The summed E-state index contributed by atoms with van der Waals surface area (Å²) < 4.78 is 11.0. The van der Waals surface area contributed by atoms with Crippen LogP contribution in [0.5, 0.6) is 5.75 Å². The Kier molecular flexibility index (Phi) is 4.93. The molecule has 2 fully saturated rings. The molecule has 0 unspecified atom stereocenters. The third-order valence-electron chi connectivity index (χ3n) is 4.18. The highest BCUT2D eigenvalue weighted by molar-refractivity contribution is 6.23. The van der Waals surface area contributed by atoms with Crippen molar-refractivity contribution >= 4 is 17.5 Å². The number of hydrogen-bond donors (Lipinski definition) is 0. The van der Waals surface area contributed by atoms with Crippen molar-refractivity contribution in [2.75, 3.05) is 37.8 Å². The summed E-state index contributed by atoms with van der Waals surface area (Å²) in [7, 11) is 0. The third-order valence-corrected chi connectivity index (χ3v) is 4.18. The lowest BCUT2D eigenvalue weighted by atomic mass is 10.2. The van der Waals surface area contributed by atoms with Crippen LogP contribution in [0.15, 0.2) is 24.3 Å². The van der Waals surface area contributed by atoms with Crippen LogP contribution in [0, 0.1) is 0 Å². The van der Waals surface area contributed by atoms with Gasteiger partial charge in [-0.15, -0.1) is 0 Å². The van der Waals surface area contributed by atoms with E-state index >= 15 is 0 Å². The highest BCUT2D eigenvalue weighted by Gasteiger charge is 2.43. The van der Waals surface area contributed by atoms with Gasteiger partial charge in [0.15, 0.2) is 0 Å². The number of morpholine rings is 1. The predicted molar refractivity (Wildman–Crippen MR) is 85.5 cm³/mol. The molecule has 0 saturated carbocycles. The molecule has 2 aliphatic rings. The maximum Gasteiger partial charge on any atom is 0.251 e. The molecule has 0 N–H and O–H groups in total. The van der Waals surface area contributed by atoms with Crippen LogP contribution in [0.4, 0.5) is 5.69 Å². The Hall–Kier alpha value is -1.92. The van der Waals surface area contributed by atoms with E-state index in [-0.39, 0.29) is 24.3 Å². The first-order valence-electron chi connectivity index (χ1n) is 8.12. The standard InChI is InChI=1S/C17H22N2O4/c1-2-9-23-15-6-4-3-5-13(15)19-16(20)12-14(17(19)21)18-7-10-22-11-8-18/h3-6,14H,2,7-12H2,1H3/t14-/m1/s1. The SMILES string of the molecule is CCCOc1ccccc1N1C(=O)C[C@@H](N2CCOCC2)C1=O. The van der Waals surface area contributed by atoms with E-state index in [1.807, 2.05) is 24.0 Å². The third kappa shape index (κ3) is 3.23. The highest BCUT2D eigenvalue weighted by Crippen LogP contribution is 2.33. The zero-order valence-corrected chi connectivity index (χ0v) is 13.4. The van der Waals surface area contributed by atoms with Crippen LogP contribution >= 0.6 is 0 Å². The number of hydrogen-bond acceptors (Lipinski definition) is 5. The summed E-state index contributed by atoms with van der Waals surface area (Å²) in [5, 5.41) is 0. The molecular formula is C17H22N2O4. The molecule has 0 aliphatic carbocycles. The summed E-state index contributed by atoms with van der Waals surface area (Å²) in [4.78, 5) is 28.6. The lowest BCUT2D eigenvalue weighted by Crippen LogP contribution is -2.47. The van der Waals surface area contributed by atoms with Crippen LogP contribution in [0.2, 0.25) is 0 Å². The van der Waals surface area contributed by atoms with Gasteiger partial charge in [0.2, 0.25) is 5.91 Å². The zero-order valence-electron chi connectivity index (χ0n) is 13.4. The highest BCUT2D eigenvalue weighted by atomic mass is 16.5. The Morgan fingerprint density at radius 2 is 1.96 bits per heavy atom. The van der Waals surface area contributed by atoms with Crippen LogP contribution in [-0.2, 0) is 14.3 Å². The van der Waals surface area contributed by atoms with Crippen molar-refractivity contribution in [2.45, 2.75) is 25.8 Å². The number of anilines is 1. The van der Waals surface area contributed by atoms with E-state index in [1.165, 1.54) is 4.90 Å². The summed E-state index contributed by atoms with van der Waals surface area (Å²) in [6, 6.07) is 6.84. The molecule has 6 nitrogen and oxygen atoms in total. The smallest absolute Gasteiger partial charge is 0.251 e. The maximum absolute atomic E-state index is 12.8. The van der Waals surface area contributed by atoms with Gasteiger partial charge in [-0.05, 0) is 18.6 Å². The average Bonchev–Trinajstić information content (AvgIpc) is 2.88. The second-order valence-electron chi connectivity index (χ2n) is 5.75. The van der Waals surface area contributed by atoms with Gasteiger partial charge in [-0.2, -0.15) is 0 Å². The van der Waals surface area contributed by atoms with Crippen molar-refractivity contribution in [2.24, 2.45) is 0 Å². The van der Waals surface area contributed by atoms with E-state index in [2.05, 4.69) is 0 Å². The molecule has 3 rings (SSSR count). The fraction of sp³-hybridized carbons (Fsp3) is 0.529. The molecule has 0 aromatic heterocycles. The number of para-hydroxylation sites is 2. The number of amides is 2. The van der Waals surface area contributed by atoms with Crippen molar-refractivity contribution in [1.82, 2.24) is 4.90 Å². The number of carbonyl (C=O) groups excluding carboxylic acids is 2. The fourth-order valence-corrected chi connectivity index (χ4v) is 3.02. The molecule has 6 heteroatoms. The molecule has 124 valence electrons. The maximum atomic E-state index is 12.8. The van der Waals surface area contributed by atoms with Gasteiger partial charge in [0.25, 0.3) is 5.91 Å². The van der Waals surface area contributed by atoms with Gasteiger partial charge < -0.3 is 9.47 Å². The molecule has 23 heavy (non-hydrogen) atoms. The first kappa shape index (κ1) is 16.0. The Morgan fingerprint density at radius 1 is 1.22 bits per heavy atom. The molecule has 2 heterocycles. The normalized spacial score (nSPS) is 22.7. The first-order valence-corrected chi connectivity index (χ1v) is 8.12. The van der Waals surface area contributed by atoms with E-state index in [1.54, 1.807) is 12.1 Å². The lowest BCUT2D eigenvalue weighted by molar-refractivity contribution is -0.123. The molecule has 0 spiro atoms. The fourth-order valence-electron chi connectivity index (χ4n) is 3.02. The van der Waals surface area contributed by atoms with E-state index in [0.29, 0.717) is 44.3 Å². The minimum Gasteiger partial charge on any atom is -0.491 e. The Balaban J connectivity index is 1.82. The topological polar surface area (TPSA) is 59.1 Å². The van der Waals surface area contributed by atoms with Gasteiger partial charge in [-0.25, -0.2) is 4.90 Å². The van der Waals surface area contributed by atoms with Gasteiger partial charge >= 0.3 is 0 Å². The average molecular weight is 318 g/mol. The summed E-state index contributed by atoms with van der Waals surface area (Å²) in [5.74, 6) is 0.252. The monoisotopic (exact) mass is 318 g/mol. The molecule has 0 radical (unpaired) electrons. The molecule has 1 atom stereocenters. The second-order valence-corrected chi connectivity index (χ2v) is 5.75. The van der Waals surface area contributed by atoms with E-state index in [0.717, 1.165) is 6.42 Å². The molecular weight excluding hydrogens is 296 g/mol. The van der Waals surface area contributed by atoms with Crippen molar-refractivity contribution < 1.29 is 19.1 Å². The van der Waals surface area contributed by atoms with E-state index < -0.39 is 0 Å². The number of ether oxygens (including phenoxy) is 2. The number of nitrogens with zero attached hydrogens (tertiary/aromatic N) is 2. The molecule has 2 aliphatic heterocycles. The quantitative estimate of drug-likeness (QED) is 0.769. The molecule has 0 bridgehead atoms. The summed E-state index contributed by atoms with van der Waals surface area (Å²) in [6.45, 7) is 5.16. The van der Waals surface area contributed by atoms with Crippen molar-refractivity contribution in [3.05, 3.63) is 24.3 Å². The van der Waals surface area contributed by atoms with Gasteiger partial charge in [0, 0.05) is 13.1 Å². The van der Waals surface area contributed by atoms with E-state index in [9.17, 15) is 9.59 Å².